The van der Waals surface area contributed by atoms with Gasteiger partial charge in [0.25, 0.3) is 11.8 Å². The lowest BCUT2D eigenvalue weighted by Crippen LogP contribution is -2.21. The molecule has 1 aliphatic heterocycles. The quantitative estimate of drug-likeness (QED) is 0.302. The van der Waals surface area contributed by atoms with Crippen molar-refractivity contribution in [2.24, 2.45) is 4.36 Å². The summed E-state index contributed by atoms with van der Waals surface area (Å²) in [6.45, 7) is 0. The lowest BCUT2D eigenvalue weighted by Gasteiger charge is -2.15. The second kappa shape index (κ2) is 9.04. The normalized spacial score (nSPS) is 13.4. The highest BCUT2D eigenvalue weighted by atomic mass is 32.2. The molecule has 4 aromatic rings. The molecular formula is C24H16F6N6O3S. The molecule has 208 valence electrons. The van der Waals surface area contributed by atoms with Gasteiger partial charge in [0.05, 0.1) is 29.3 Å². The number of amides is 2. The summed E-state index contributed by atoms with van der Waals surface area (Å²) in [6.07, 6.45) is -6.57. The molecule has 40 heavy (non-hydrogen) atoms. The van der Waals surface area contributed by atoms with E-state index in [1.165, 1.54) is 30.3 Å². The number of anilines is 2. The molecule has 2 aromatic heterocycles. The predicted molar refractivity (Wildman–Crippen MR) is 133 cm³/mol. The summed E-state index contributed by atoms with van der Waals surface area (Å²) in [5, 5.41) is 8.98. The Bertz CT molecular complexity index is 1850. The average Bonchev–Trinajstić information content (AvgIpc) is 3.42. The molecule has 0 bridgehead atoms. The molecule has 1 aliphatic rings. The molecule has 3 heterocycles. The van der Waals surface area contributed by atoms with E-state index in [1.807, 2.05) is 5.32 Å². The molecule has 5 rings (SSSR count). The number of carbonyl (C=O) groups excluding carboxylic acids is 2. The maximum atomic E-state index is 14.3. The molecular weight excluding hydrogens is 566 g/mol. The van der Waals surface area contributed by atoms with Gasteiger partial charge in [-0.2, -0.15) is 35.8 Å². The molecule has 2 N–H and O–H groups in total. The van der Waals surface area contributed by atoms with E-state index in [9.17, 15) is 40.1 Å². The van der Waals surface area contributed by atoms with E-state index in [0.29, 0.717) is 28.0 Å². The molecule has 0 fully saturated rings. The second-order valence-corrected chi connectivity index (χ2v) is 11.5. The second-order valence-electron chi connectivity index (χ2n) is 8.95. The van der Waals surface area contributed by atoms with Crippen molar-refractivity contribution in [3.63, 3.8) is 0 Å². The molecule has 2 amide bonds. The third-order valence-electron chi connectivity index (χ3n) is 5.76. The van der Waals surface area contributed by atoms with Crippen LogP contribution in [0, 0.1) is 0 Å². The highest BCUT2D eigenvalue weighted by Crippen LogP contribution is 2.40. The molecule has 9 nitrogen and oxygen atoms in total. The van der Waals surface area contributed by atoms with Crippen LogP contribution in [0.3, 0.4) is 0 Å². The number of carbonyl (C=O) groups is 2. The zero-order chi connectivity index (χ0) is 29.2. The topological polar surface area (TPSA) is 118 Å². The highest BCUT2D eigenvalue weighted by Gasteiger charge is 2.41. The molecule has 0 unspecified atom stereocenters. The van der Waals surface area contributed by atoms with Crippen LogP contribution in [0.15, 0.2) is 53.2 Å². The van der Waals surface area contributed by atoms with Crippen molar-refractivity contribution in [2.75, 3.05) is 23.1 Å². The first-order chi connectivity index (χ1) is 18.5. The SMILES string of the molecule is CS(C)(=O)=Nc1ncc(NC(=O)c2cnn(-c3ccc4c5c(cccc35)C(=O)N4)c2C(F)(F)F)cc1C(F)(F)F. The lowest BCUT2D eigenvalue weighted by molar-refractivity contribution is -0.143. The van der Waals surface area contributed by atoms with Crippen molar-refractivity contribution in [2.45, 2.75) is 12.4 Å². The van der Waals surface area contributed by atoms with Crippen molar-refractivity contribution in [1.82, 2.24) is 14.8 Å². The Morgan fingerprint density at radius 3 is 2.42 bits per heavy atom. The van der Waals surface area contributed by atoms with Crippen LogP contribution in [-0.4, -0.2) is 43.3 Å². The van der Waals surface area contributed by atoms with E-state index in [0.717, 1.165) is 18.7 Å². The number of hydrogen-bond donors (Lipinski definition) is 2. The molecule has 0 spiro atoms. The first-order valence-corrected chi connectivity index (χ1v) is 13.5. The minimum atomic E-state index is -5.12. The van der Waals surface area contributed by atoms with Gasteiger partial charge >= 0.3 is 12.4 Å². The van der Waals surface area contributed by atoms with Crippen LogP contribution in [0.5, 0.6) is 0 Å². The van der Waals surface area contributed by atoms with Crippen LogP contribution < -0.4 is 10.6 Å². The number of rotatable bonds is 4. The minimum absolute atomic E-state index is 0.0850. The predicted octanol–water partition coefficient (Wildman–Crippen LogP) is 5.64. The molecule has 2 aromatic carbocycles. The number of alkyl halides is 6. The summed E-state index contributed by atoms with van der Waals surface area (Å²) in [5.41, 5.74) is -3.93. The van der Waals surface area contributed by atoms with Crippen LogP contribution in [0.4, 0.5) is 43.5 Å². The number of nitrogens with zero attached hydrogens (tertiary/aromatic N) is 4. The lowest BCUT2D eigenvalue weighted by atomic mass is 10.0. The first kappa shape index (κ1) is 27.1. The molecule has 0 aliphatic carbocycles. The highest BCUT2D eigenvalue weighted by molar-refractivity contribution is 7.92. The summed E-state index contributed by atoms with van der Waals surface area (Å²) >= 11 is 0. The van der Waals surface area contributed by atoms with Crippen molar-refractivity contribution < 1.29 is 40.1 Å². The summed E-state index contributed by atoms with van der Waals surface area (Å²) in [6, 6.07) is 7.59. The Labute approximate surface area is 221 Å². The maximum Gasteiger partial charge on any atom is 0.434 e. The van der Waals surface area contributed by atoms with Gasteiger partial charge in [0.2, 0.25) is 0 Å². The largest absolute Gasteiger partial charge is 0.434 e. The standard InChI is InChI=1S/C24H16F6N6O3S/c1-40(2,39)35-20-15(23(25,26)27)8-11(9-31-20)33-22(38)14-10-32-36(19(14)24(28,29)30)17-7-6-16-18-12(17)4-3-5-13(18)21(37)34-16/h3-10H,1-2H3,(H,33,38)(H,34,37). The molecule has 0 saturated carbocycles. The number of pyridine rings is 1. The molecule has 0 saturated heterocycles. The molecule has 0 atom stereocenters. The van der Waals surface area contributed by atoms with E-state index in [-0.39, 0.29) is 16.6 Å². The van der Waals surface area contributed by atoms with Gasteiger partial charge in [0.1, 0.15) is 5.56 Å². The monoisotopic (exact) mass is 582 g/mol. The van der Waals surface area contributed by atoms with Crippen LogP contribution in [0.25, 0.3) is 16.5 Å². The van der Waals surface area contributed by atoms with Crippen LogP contribution in [0.2, 0.25) is 0 Å². The Kier molecular flexibility index (Phi) is 6.13. The van der Waals surface area contributed by atoms with Gasteiger partial charge in [-0.3, -0.25) is 9.59 Å². The van der Waals surface area contributed by atoms with Gasteiger partial charge in [0.15, 0.2) is 11.5 Å². The van der Waals surface area contributed by atoms with Crippen LogP contribution >= 0.6 is 0 Å². The Morgan fingerprint density at radius 2 is 1.77 bits per heavy atom. The number of hydrogen-bond acceptors (Lipinski definition) is 6. The van der Waals surface area contributed by atoms with Crippen molar-refractivity contribution in [1.29, 1.82) is 0 Å². The molecule has 16 heteroatoms. The number of nitrogens with one attached hydrogen (secondary N) is 2. The fraction of sp³-hybridized carbons (Fsp3) is 0.167. The van der Waals surface area contributed by atoms with E-state index >= 15 is 0 Å². The smallest absolute Gasteiger partial charge is 0.321 e. The number of halogens is 6. The summed E-state index contributed by atoms with van der Waals surface area (Å²) in [4.78, 5) is 28.6. The Hall–Kier alpha value is -4.47. The number of aromatic nitrogens is 3. The van der Waals surface area contributed by atoms with Gasteiger partial charge in [-0.05, 0) is 24.3 Å². The zero-order valence-electron chi connectivity index (χ0n) is 20.3. The third-order valence-corrected chi connectivity index (χ3v) is 6.37. The van der Waals surface area contributed by atoms with E-state index < -0.39 is 62.2 Å². The van der Waals surface area contributed by atoms with E-state index in [1.54, 1.807) is 0 Å². The van der Waals surface area contributed by atoms with Crippen LogP contribution in [-0.2, 0) is 22.1 Å². The van der Waals surface area contributed by atoms with E-state index in [2.05, 4.69) is 19.8 Å². The summed E-state index contributed by atoms with van der Waals surface area (Å²) in [5.74, 6) is -2.74. The van der Waals surface area contributed by atoms with Gasteiger partial charge < -0.3 is 10.6 Å². The van der Waals surface area contributed by atoms with Gasteiger partial charge in [-0.1, -0.05) is 12.1 Å². The molecule has 0 radical (unpaired) electrons. The van der Waals surface area contributed by atoms with Gasteiger partial charge in [-0.15, -0.1) is 0 Å². The zero-order valence-corrected chi connectivity index (χ0v) is 21.1. The first-order valence-electron chi connectivity index (χ1n) is 11.1. The fourth-order valence-corrected chi connectivity index (χ4v) is 4.80. The van der Waals surface area contributed by atoms with Gasteiger partial charge in [0, 0.05) is 44.3 Å². The Balaban J connectivity index is 1.59. The van der Waals surface area contributed by atoms with Crippen molar-refractivity contribution in [3.05, 3.63) is 71.2 Å². The van der Waals surface area contributed by atoms with Crippen LogP contribution in [0.1, 0.15) is 32.0 Å². The maximum absolute atomic E-state index is 14.3. The van der Waals surface area contributed by atoms with Gasteiger partial charge in [-0.25, -0.2) is 13.9 Å². The Morgan fingerprint density at radius 1 is 1.05 bits per heavy atom. The summed E-state index contributed by atoms with van der Waals surface area (Å²) < 4.78 is 99.5. The van der Waals surface area contributed by atoms with E-state index in [4.69, 9.17) is 0 Å². The fourth-order valence-electron chi connectivity index (χ4n) is 4.24. The summed E-state index contributed by atoms with van der Waals surface area (Å²) in [7, 11) is -3.04. The minimum Gasteiger partial charge on any atom is -0.321 e. The average molecular weight is 582 g/mol. The van der Waals surface area contributed by atoms with Crippen molar-refractivity contribution in [3.8, 4) is 5.69 Å². The van der Waals surface area contributed by atoms with Crippen molar-refractivity contribution >= 4 is 49.5 Å². The number of benzene rings is 2. The third kappa shape index (κ3) is 4.85.